The third-order valence-corrected chi connectivity index (χ3v) is 3.14. The predicted molar refractivity (Wildman–Crippen MR) is 59.3 cm³/mol. The van der Waals surface area contributed by atoms with E-state index in [4.69, 9.17) is 14.9 Å². The van der Waals surface area contributed by atoms with E-state index < -0.39 is 12.0 Å². The zero-order valence-corrected chi connectivity index (χ0v) is 9.76. The second-order valence-electron chi connectivity index (χ2n) is 4.32. The van der Waals surface area contributed by atoms with Crippen LogP contribution in [0.25, 0.3) is 0 Å². The average molecular weight is 231 g/mol. The number of carbonyl (C=O) groups is 1. The molecule has 0 aliphatic carbocycles. The van der Waals surface area contributed by atoms with Gasteiger partial charge in [0.15, 0.2) is 0 Å². The monoisotopic (exact) mass is 231 g/mol. The van der Waals surface area contributed by atoms with Crippen molar-refractivity contribution in [3.05, 3.63) is 0 Å². The largest absolute Gasteiger partial charge is 0.480 e. The highest BCUT2D eigenvalue weighted by Crippen LogP contribution is 2.21. The molecular weight excluding hydrogens is 210 g/mol. The number of carboxylic acids is 1. The first-order valence-corrected chi connectivity index (χ1v) is 5.75. The molecule has 0 aromatic heterocycles. The van der Waals surface area contributed by atoms with E-state index in [9.17, 15) is 4.79 Å². The van der Waals surface area contributed by atoms with Gasteiger partial charge >= 0.3 is 5.97 Å². The van der Waals surface area contributed by atoms with Crippen molar-refractivity contribution < 1.29 is 19.7 Å². The molecule has 2 unspecified atom stereocenters. The van der Waals surface area contributed by atoms with Gasteiger partial charge in [0.2, 0.25) is 0 Å². The molecule has 1 fully saturated rings. The quantitative estimate of drug-likeness (QED) is 0.682. The lowest BCUT2D eigenvalue weighted by Crippen LogP contribution is -2.49. The number of ether oxygens (including phenoxy) is 1. The summed E-state index contributed by atoms with van der Waals surface area (Å²) in [6.07, 6.45) is 2.84. The Labute approximate surface area is 96.0 Å². The van der Waals surface area contributed by atoms with E-state index in [1.807, 2.05) is 4.90 Å². The summed E-state index contributed by atoms with van der Waals surface area (Å²) in [6.45, 7) is 1.96. The first-order chi connectivity index (χ1) is 7.69. The Balaban J connectivity index is 2.52. The van der Waals surface area contributed by atoms with Crippen LogP contribution in [0.3, 0.4) is 0 Å². The standard InChI is InChI=1S/C11H21NO4/c1-16-8-10(11(14)15)12-5-2-3-9(7-12)4-6-13/h9-10,13H,2-8H2,1H3,(H,14,15). The van der Waals surface area contributed by atoms with Crippen LogP contribution in [0.2, 0.25) is 0 Å². The molecule has 5 heteroatoms. The van der Waals surface area contributed by atoms with Gasteiger partial charge in [-0.05, 0) is 31.7 Å². The number of aliphatic hydroxyl groups is 1. The van der Waals surface area contributed by atoms with E-state index in [1.165, 1.54) is 7.11 Å². The van der Waals surface area contributed by atoms with Crippen LogP contribution in [0.15, 0.2) is 0 Å². The van der Waals surface area contributed by atoms with E-state index >= 15 is 0 Å². The van der Waals surface area contributed by atoms with Gasteiger partial charge in [-0.15, -0.1) is 0 Å². The molecule has 0 aromatic rings. The van der Waals surface area contributed by atoms with Gasteiger partial charge in [0.1, 0.15) is 6.04 Å². The van der Waals surface area contributed by atoms with Crippen molar-refractivity contribution in [1.29, 1.82) is 0 Å². The number of aliphatic hydroxyl groups excluding tert-OH is 1. The Morgan fingerprint density at radius 3 is 2.94 bits per heavy atom. The van der Waals surface area contributed by atoms with Gasteiger partial charge in [0, 0.05) is 20.3 Å². The fourth-order valence-corrected chi connectivity index (χ4v) is 2.29. The van der Waals surface area contributed by atoms with Crippen LogP contribution in [0.4, 0.5) is 0 Å². The highest BCUT2D eigenvalue weighted by Gasteiger charge is 2.29. The van der Waals surface area contributed by atoms with Crippen LogP contribution in [-0.2, 0) is 9.53 Å². The highest BCUT2D eigenvalue weighted by molar-refractivity contribution is 5.73. The molecule has 5 nitrogen and oxygen atoms in total. The highest BCUT2D eigenvalue weighted by atomic mass is 16.5. The molecule has 2 atom stereocenters. The maximum atomic E-state index is 11.1. The number of carboxylic acid groups (broad SMARTS) is 1. The molecule has 0 bridgehead atoms. The van der Waals surface area contributed by atoms with Crippen LogP contribution in [0.1, 0.15) is 19.3 Å². The van der Waals surface area contributed by atoms with Crippen LogP contribution in [0, 0.1) is 5.92 Å². The molecule has 1 aliphatic rings. The summed E-state index contributed by atoms with van der Waals surface area (Å²) < 4.78 is 4.94. The minimum Gasteiger partial charge on any atom is -0.480 e. The number of methoxy groups -OCH3 is 1. The lowest BCUT2D eigenvalue weighted by molar-refractivity contribution is -0.146. The lowest BCUT2D eigenvalue weighted by atomic mass is 9.94. The molecule has 0 aromatic carbocycles. The number of hydrogen-bond donors (Lipinski definition) is 2. The molecule has 1 aliphatic heterocycles. The third-order valence-electron chi connectivity index (χ3n) is 3.14. The molecule has 2 N–H and O–H groups in total. The minimum atomic E-state index is -0.827. The van der Waals surface area contributed by atoms with Crippen molar-refractivity contribution in [2.75, 3.05) is 33.4 Å². The van der Waals surface area contributed by atoms with Gasteiger partial charge in [-0.1, -0.05) is 0 Å². The molecular formula is C11H21NO4. The van der Waals surface area contributed by atoms with Gasteiger partial charge in [-0.25, -0.2) is 0 Å². The van der Waals surface area contributed by atoms with E-state index in [2.05, 4.69) is 0 Å². The normalized spacial score (nSPS) is 24.2. The van der Waals surface area contributed by atoms with Crippen molar-refractivity contribution in [3.8, 4) is 0 Å². The van der Waals surface area contributed by atoms with Crippen molar-refractivity contribution in [2.24, 2.45) is 5.92 Å². The van der Waals surface area contributed by atoms with E-state index in [1.54, 1.807) is 0 Å². The topological polar surface area (TPSA) is 70.0 Å². The minimum absolute atomic E-state index is 0.181. The van der Waals surface area contributed by atoms with Crippen LogP contribution >= 0.6 is 0 Å². The molecule has 0 spiro atoms. The van der Waals surface area contributed by atoms with E-state index in [0.29, 0.717) is 5.92 Å². The Bertz CT molecular complexity index is 220. The predicted octanol–water partition coefficient (Wildman–Crippen LogP) is 0.180. The van der Waals surface area contributed by atoms with E-state index in [0.717, 1.165) is 32.4 Å². The zero-order valence-electron chi connectivity index (χ0n) is 9.76. The number of piperidine rings is 1. The third kappa shape index (κ3) is 3.73. The fraction of sp³-hybridized carbons (Fsp3) is 0.909. The number of rotatable bonds is 6. The van der Waals surface area contributed by atoms with E-state index in [-0.39, 0.29) is 13.2 Å². The summed E-state index contributed by atoms with van der Waals surface area (Å²) >= 11 is 0. The summed E-state index contributed by atoms with van der Waals surface area (Å²) in [6, 6.07) is -0.550. The summed E-state index contributed by atoms with van der Waals surface area (Å²) in [5.74, 6) is -0.413. The van der Waals surface area contributed by atoms with Crippen molar-refractivity contribution >= 4 is 5.97 Å². The second kappa shape index (κ2) is 6.83. The van der Waals surface area contributed by atoms with Gasteiger partial charge < -0.3 is 14.9 Å². The Morgan fingerprint density at radius 1 is 1.62 bits per heavy atom. The van der Waals surface area contributed by atoms with Crippen LogP contribution < -0.4 is 0 Å². The Hall–Kier alpha value is -0.650. The maximum Gasteiger partial charge on any atom is 0.323 e. The van der Waals surface area contributed by atoms with Gasteiger partial charge in [0.05, 0.1) is 6.61 Å². The van der Waals surface area contributed by atoms with Gasteiger partial charge in [0.25, 0.3) is 0 Å². The summed E-state index contributed by atoms with van der Waals surface area (Å²) in [5, 5.41) is 18.0. The summed E-state index contributed by atoms with van der Waals surface area (Å²) in [4.78, 5) is 13.0. The van der Waals surface area contributed by atoms with Crippen molar-refractivity contribution in [2.45, 2.75) is 25.3 Å². The van der Waals surface area contributed by atoms with Gasteiger partial charge in [-0.3, -0.25) is 9.69 Å². The smallest absolute Gasteiger partial charge is 0.323 e. The molecule has 94 valence electrons. The van der Waals surface area contributed by atoms with Gasteiger partial charge in [-0.2, -0.15) is 0 Å². The first-order valence-electron chi connectivity index (χ1n) is 5.75. The van der Waals surface area contributed by atoms with Crippen molar-refractivity contribution in [1.82, 2.24) is 4.90 Å². The fourth-order valence-electron chi connectivity index (χ4n) is 2.29. The molecule has 0 radical (unpaired) electrons. The van der Waals surface area contributed by atoms with Crippen molar-refractivity contribution in [3.63, 3.8) is 0 Å². The number of aliphatic carboxylic acids is 1. The average Bonchev–Trinajstić information content (AvgIpc) is 2.26. The lowest BCUT2D eigenvalue weighted by Gasteiger charge is -2.35. The SMILES string of the molecule is COCC(C(=O)O)N1CCCC(CCO)C1. The van der Waals surface area contributed by atoms with Crippen LogP contribution in [-0.4, -0.2) is 60.5 Å². The van der Waals surface area contributed by atoms with Crippen LogP contribution in [0.5, 0.6) is 0 Å². The Morgan fingerprint density at radius 2 is 2.38 bits per heavy atom. The Kier molecular flexibility index (Phi) is 5.73. The number of likely N-dealkylation sites (tertiary alicyclic amines) is 1. The molecule has 0 saturated carbocycles. The first kappa shape index (κ1) is 13.4. The molecule has 1 heterocycles. The molecule has 0 amide bonds. The molecule has 1 saturated heterocycles. The number of hydrogen-bond acceptors (Lipinski definition) is 4. The summed E-state index contributed by atoms with van der Waals surface area (Å²) in [5.41, 5.74) is 0. The number of nitrogens with zero attached hydrogens (tertiary/aromatic N) is 1. The second-order valence-corrected chi connectivity index (χ2v) is 4.32. The maximum absolute atomic E-state index is 11.1. The molecule has 1 rings (SSSR count). The molecule has 16 heavy (non-hydrogen) atoms. The summed E-state index contributed by atoms with van der Waals surface area (Å²) in [7, 11) is 1.52. The zero-order chi connectivity index (χ0) is 12.0.